The Morgan fingerprint density at radius 2 is 1.78 bits per heavy atom. The highest BCUT2D eigenvalue weighted by atomic mass is 16.6. The van der Waals surface area contributed by atoms with Gasteiger partial charge in [-0.15, -0.1) is 0 Å². The van der Waals surface area contributed by atoms with Crippen LogP contribution >= 0.6 is 0 Å². The van der Waals surface area contributed by atoms with Gasteiger partial charge in [0.15, 0.2) is 0 Å². The van der Waals surface area contributed by atoms with Crippen molar-refractivity contribution in [3.63, 3.8) is 0 Å². The van der Waals surface area contributed by atoms with Crippen molar-refractivity contribution in [3.05, 3.63) is 11.4 Å². The Bertz CT molecular complexity index is 468. The van der Waals surface area contributed by atoms with Crippen LogP contribution < -0.4 is 16.4 Å². The van der Waals surface area contributed by atoms with Crippen molar-refractivity contribution in [1.82, 2.24) is 10.6 Å². The highest BCUT2D eigenvalue weighted by molar-refractivity contribution is 5.94. The average molecular weight is 331 g/mol. The van der Waals surface area contributed by atoms with E-state index in [1.807, 2.05) is 0 Å². The molecule has 9 heteroatoms. The number of nitrogens with one attached hydrogen (secondary N) is 2. The van der Waals surface area contributed by atoms with Gasteiger partial charge in [0.05, 0.1) is 25.6 Å². The van der Waals surface area contributed by atoms with Crippen LogP contribution in [-0.2, 0) is 23.8 Å². The standard InChI is InChI=1S/C14H25N3O6/c1-14(2,3)23-13(20)17-6-7-22-12(19)9(11(15)16-4)8-10(18)21-5/h16H,6-8,15H2,1-5H3,(H,17,20)/b11-9+. The maximum Gasteiger partial charge on any atom is 0.407 e. The molecule has 9 nitrogen and oxygen atoms in total. The molecule has 0 unspecified atom stereocenters. The van der Waals surface area contributed by atoms with E-state index in [2.05, 4.69) is 15.4 Å². The van der Waals surface area contributed by atoms with Gasteiger partial charge in [0.1, 0.15) is 18.0 Å². The smallest absolute Gasteiger partial charge is 0.407 e. The molecule has 0 rings (SSSR count). The van der Waals surface area contributed by atoms with Crippen LogP contribution in [-0.4, -0.2) is 50.9 Å². The lowest BCUT2D eigenvalue weighted by atomic mass is 10.2. The Kier molecular flexibility index (Phi) is 8.53. The summed E-state index contributed by atoms with van der Waals surface area (Å²) in [6, 6.07) is 0. The fourth-order valence-corrected chi connectivity index (χ4v) is 1.34. The number of alkyl carbamates (subject to hydrolysis) is 1. The molecule has 0 spiro atoms. The topological polar surface area (TPSA) is 129 Å². The van der Waals surface area contributed by atoms with Crippen molar-refractivity contribution < 1.29 is 28.6 Å². The van der Waals surface area contributed by atoms with Crippen LogP contribution in [0, 0.1) is 0 Å². The van der Waals surface area contributed by atoms with Crippen LogP contribution in [0.5, 0.6) is 0 Å². The molecule has 0 saturated carbocycles. The molecular formula is C14H25N3O6. The van der Waals surface area contributed by atoms with Gasteiger partial charge in [-0.2, -0.15) is 0 Å². The first-order valence-electron chi connectivity index (χ1n) is 6.98. The van der Waals surface area contributed by atoms with Crippen LogP contribution in [0.3, 0.4) is 0 Å². The second kappa shape index (κ2) is 9.54. The average Bonchev–Trinajstić information content (AvgIpc) is 2.46. The van der Waals surface area contributed by atoms with Gasteiger partial charge in [-0.25, -0.2) is 9.59 Å². The van der Waals surface area contributed by atoms with Crippen LogP contribution in [0.1, 0.15) is 27.2 Å². The molecule has 0 aliphatic carbocycles. The van der Waals surface area contributed by atoms with Crippen LogP contribution in [0.25, 0.3) is 0 Å². The third-order valence-electron chi connectivity index (χ3n) is 2.39. The Labute approximate surface area is 135 Å². The molecule has 0 radical (unpaired) electrons. The number of ether oxygens (including phenoxy) is 3. The van der Waals surface area contributed by atoms with E-state index >= 15 is 0 Å². The van der Waals surface area contributed by atoms with Gasteiger partial charge < -0.3 is 30.6 Å². The first kappa shape index (κ1) is 20.6. The molecular weight excluding hydrogens is 306 g/mol. The van der Waals surface area contributed by atoms with Gasteiger partial charge in [-0.1, -0.05) is 0 Å². The molecule has 0 aliphatic heterocycles. The first-order valence-corrected chi connectivity index (χ1v) is 6.98. The zero-order chi connectivity index (χ0) is 18.0. The lowest BCUT2D eigenvalue weighted by Gasteiger charge is -2.19. The molecule has 0 heterocycles. The Balaban J connectivity index is 4.40. The van der Waals surface area contributed by atoms with Crippen molar-refractivity contribution >= 4 is 18.0 Å². The minimum atomic E-state index is -0.770. The van der Waals surface area contributed by atoms with E-state index in [1.54, 1.807) is 20.8 Å². The maximum absolute atomic E-state index is 11.9. The minimum absolute atomic E-state index is 0.0144. The molecule has 132 valence electrons. The molecule has 4 N–H and O–H groups in total. The van der Waals surface area contributed by atoms with Gasteiger partial charge in [0.25, 0.3) is 0 Å². The summed E-state index contributed by atoms with van der Waals surface area (Å²) in [4.78, 5) is 34.6. The SMILES string of the molecule is CN/C(N)=C(\CC(=O)OC)C(=O)OCCNC(=O)OC(C)(C)C. The van der Waals surface area contributed by atoms with Crippen molar-refractivity contribution in [2.24, 2.45) is 5.73 Å². The predicted molar refractivity (Wildman–Crippen MR) is 82.1 cm³/mol. The van der Waals surface area contributed by atoms with Crippen molar-refractivity contribution in [1.29, 1.82) is 0 Å². The fourth-order valence-electron chi connectivity index (χ4n) is 1.34. The molecule has 0 aliphatic rings. The normalized spacial score (nSPS) is 11.9. The lowest BCUT2D eigenvalue weighted by molar-refractivity contribution is -0.144. The summed E-state index contributed by atoms with van der Waals surface area (Å²) in [6.45, 7) is 5.16. The van der Waals surface area contributed by atoms with E-state index < -0.39 is 23.6 Å². The van der Waals surface area contributed by atoms with E-state index in [0.29, 0.717) is 0 Å². The van der Waals surface area contributed by atoms with Gasteiger partial charge in [0.2, 0.25) is 0 Å². The van der Waals surface area contributed by atoms with Crippen molar-refractivity contribution in [3.8, 4) is 0 Å². The Morgan fingerprint density at radius 1 is 1.17 bits per heavy atom. The second-order valence-corrected chi connectivity index (χ2v) is 5.46. The van der Waals surface area contributed by atoms with Crippen LogP contribution in [0.15, 0.2) is 11.4 Å². The Hall–Kier alpha value is -2.45. The number of hydrogen-bond acceptors (Lipinski definition) is 8. The number of esters is 2. The Morgan fingerprint density at radius 3 is 2.26 bits per heavy atom. The lowest BCUT2D eigenvalue weighted by Crippen LogP contribution is -2.34. The molecule has 0 saturated heterocycles. The molecule has 1 amide bonds. The molecule has 0 aromatic carbocycles. The van der Waals surface area contributed by atoms with E-state index in [4.69, 9.17) is 15.2 Å². The quantitative estimate of drug-likeness (QED) is 0.257. The summed E-state index contributed by atoms with van der Waals surface area (Å²) in [6.07, 6.45) is -0.935. The summed E-state index contributed by atoms with van der Waals surface area (Å²) >= 11 is 0. The van der Waals surface area contributed by atoms with Gasteiger partial charge in [-0.3, -0.25) is 4.79 Å². The highest BCUT2D eigenvalue weighted by Gasteiger charge is 2.20. The number of amides is 1. The highest BCUT2D eigenvalue weighted by Crippen LogP contribution is 2.08. The van der Waals surface area contributed by atoms with E-state index in [-0.39, 0.29) is 31.0 Å². The molecule has 0 aromatic heterocycles. The maximum atomic E-state index is 11.9. The summed E-state index contributed by atoms with van der Waals surface area (Å²) in [5.41, 5.74) is 4.96. The van der Waals surface area contributed by atoms with E-state index in [0.717, 1.165) is 0 Å². The monoisotopic (exact) mass is 331 g/mol. The number of nitrogens with two attached hydrogens (primary N) is 1. The number of rotatable bonds is 7. The van der Waals surface area contributed by atoms with Crippen molar-refractivity contribution in [2.75, 3.05) is 27.3 Å². The number of carbonyl (C=O) groups excluding carboxylic acids is 3. The van der Waals surface area contributed by atoms with Crippen LogP contribution in [0.2, 0.25) is 0 Å². The summed E-state index contributed by atoms with van der Waals surface area (Å²) in [7, 11) is 2.70. The third-order valence-corrected chi connectivity index (χ3v) is 2.39. The van der Waals surface area contributed by atoms with E-state index in [9.17, 15) is 14.4 Å². The molecule has 23 heavy (non-hydrogen) atoms. The van der Waals surface area contributed by atoms with Crippen LogP contribution in [0.4, 0.5) is 4.79 Å². The summed E-state index contributed by atoms with van der Waals surface area (Å²) in [5.74, 6) is -1.38. The third kappa shape index (κ3) is 9.22. The second-order valence-electron chi connectivity index (χ2n) is 5.46. The summed E-state index contributed by atoms with van der Waals surface area (Å²) in [5, 5.41) is 5.00. The molecule has 0 atom stereocenters. The molecule has 0 fully saturated rings. The number of carbonyl (C=O) groups is 3. The number of methoxy groups -OCH3 is 1. The zero-order valence-electron chi connectivity index (χ0n) is 14.1. The largest absolute Gasteiger partial charge is 0.469 e. The van der Waals surface area contributed by atoms with E-state index in [1.165, 1.54) is 14.2 Å². The zero-order valence-corrected chi connectivity index (χ0v) is 14.1. The predicted octanol–water partition coefficient (Wildman–Crippen LogP) is 0.00710. The van der Waals surface area contributed by atoms with Crippen molar-refractivity contribution in [2.45, 2.75) is 32.8 Å². The van der Waals surface area contributed by atoms with Gasteiger partial charge >= 0.3 is 18.0 Å². The summed E-state index contributed by atoms with van der Waals surface area (Å²) < 4.78 is 14.5. The first-order chi connectivity index (χ1) is 10.6. The fraction of sp³-hybridized carbons (Fsp3) is 0.643. The molecule has 0 bridgehead atoms. The number of hydrogen-bond donors (Lipinski definition) is 3. The van der Waals surface area contributed by atoms with Gasteiger partial charge in [-0.05, 0) is 20.8 Å². The molecule has 0 aromatic rings. The minimum Gasteiger partial charge on any atom is -0.469 e. The van der Waals surface area contributed by atoms with Gasteiger partial charge in [0, 0.05) is 7.05 Å².